The fourth-order valence-corrected chi connectivity index (χ4v) is 1.83. The van der Waals surface area contributed by atoms with Gasteiger partial charge in [-0.05, 0) is 24.3 Å². The van der Waals surface area contributed by atoms with Gasteiger partial charge in [-0.15, -0.1) is 0 Å². The number of benzene rings is 1. The maximum atomic E-state index is 13.2. The highest BCUT2D eigenvalue weighted by molar-refractivity contribution is 5.58. The molecule has 1 aromatic carbocycles. The predicted molar refractivity (Wildman–Crippen MR) is 77.7 cm³/mol. The molecule has 0 saturated carbocycles. The molecule has 0 aliphatic heterocycles. The number of aromatic nitrogens is 2. The van der Waals surface area contributed by atoms with Crippen molar-refractivity contribution < 1.29 is 13.2 Å². The summed E-state index contributed by atoms with van der Waals surface area (Å²) in [5.41, 5.74) is 0.398. The Bertz CT molecular complexity index is 762. The zero-order valence-electron chi connectivity index (χ0n) is 11.4. The molecule has 2 aromatic heterocycles. The van der Waals surface area contributed by atoms with Gasteiger partial charge < -0.3 is 15.1 Å². The van der Waals surface area contributed by atoms with E-state index >= 15 is 0 Å². The fraction of sp³-hybridized carbons (Fsp3) is 0.0667. The monoisotopic (exact) mass is 302 g/mol. The number of rotatable bonds is 5. The lowest BCUT2D eigenvalue weighted by Crippen LogP contribution is -2.02. The smallest absolute Gasteiger partial charge is 0.160 e. The van der Waals surface area contributed by atoms with Crippen molar-refractivity contribution in [1.82, 2.24) is 9.97 Å². The topological polar surface area (TPSA) is 63.0 Å². The second-order valence-corrected chi connectivity index (χ2v) is 4.48. The average Bonchev–Trinajstić information content (AvgIpc) is 3.03. The average molecular weight is 302 g/mol. The van der Waals surface area contributed by atoms with Crippen molar-refractivity contribution in [2.45, 2.75) is 6.54 Å². The summed E-state index contributed by atoms with van der Waals surface area (Å²) in [7, 11) is 0. The zero-order valence-corrected chi connectivity index (χ0v) is 11.4. The molecule has 112 valence electrons. The lowest BCUT2D eigenvalue weighted by molar-refractivity contribution is 0.509. The summed E-state index contributed by atoms with van der Waals surface area (Å²) in [6, 6.07) is 8.84. The van der Waals surface area contributed by atoms with Gasteiger partial charge in [-0.3, -0.25) is 0 Å². The minimum Gasteiger partial charge on any atom is -0.467 e. The fourth-order valence-electron chi connectivity index (χ4n) is 1.83. The molecule has 0 aliphatic rings. The third kappa shape index (κ3) is 3.38. The highest BCUT2D eigenvalue weighted by atomic mass is 19.2. The van der Waals surface area contributed by atoms with Crippen LogP contribution < -0.4 is 10.6 Å². The molecule has 0 amide bonds. The van der Waals surface area contributed by atoms with Gasteiger partial charge in [-0.2, -0.15) is 0 Å². The molecule has 2 heterocycles. The van der Waals surface area contributed by atoms with Gasteiger partial charge in [-0.1, -0.05) is 0 Å². The summed E-state index contributed by atoms with van der Waals surface area (Å²) in [4.78, 5) is 8.10. The van der Waals surface area contributed by atoms with Crippen LogP contribution in [0.2, 0.25) is 0 Å². The van der Waals surface area contributed by atoms with Crippen LogP contribution in [0.25, 0.3) is 0 Å². The Labute approximate surface area is 125 Å². The van der Waals surface area contributed by atoms with Gasteiger partial charge >= 0.3 is 0 Å². The quantitative estimate of drug-likeness (QED) is 0.752. The van der Waals surface area contributed by atoms with Gasteiger partial charge in [-0.25, -0.2) is 18.7 Å². The van der Waals surface area contributed by atoms with Crippen molar-refractivity contribution in [3.63, 3.8) is 0 Å². The largest absolute Gasteiger partial charge is 0.467 e. The van der Waals surface area contributed by atoms with Crippen LogP contribution in [0.1, 0.15) is 5.76 Å². The molecule has 3 rings (SSSR count). The van der Waals surface area contributed by atoms with Crippen LogP contribution in [0.5, 0.6) is 0 Å². The Morgan fingerprint density at radius 3 is 2.64 bits per heavy atom. The first kappa shape index (κ1) is 14.0. The van der Waals surface area contributed by atoms with E-state index in [0.717, 1.165) is 17.9 Å². The lowest BCUT2D eigenvalue weighted by atomic mass is 10.3. The SMILES string of the molecule is Fc1ccc(Nc2cc(NCc3ccco3)ncn2)cc1F. The van der Waals surface area contributed by atoms with E-state index < -0.39 is 11.6 Å². The Morgan fingerprint density at radius 2 is 1.86 bits per heavy atom. The number of furan rings is 1. The second-order valence-electron chi connectivity index (χ2n) is 4.48. The highest BCUT2D eigenvalue weighted by Gasteiger charge is 2.04. The molecule has 5 nitrogen and oxygen atoms in total. The normalized spacial score (nSPS) is 10.5. The molecule has 0 unspecified atom stereocenters. The van der Waals surface area contributed by atoms with Gasteiger partial charge in [0, 0.05) is 17.8 Å². The molecule has 7 heteroatoms. The third-order valence-corrected chi connectivity index (χ3v) is 2.88. The summed E-state index contributed by atoms with van der Waals surface area (Å²) in [5.74, 6) is -0.00238. The van der Waals surface area contributed by atoms with Crippen molar-refractivity contribution in [2.75, 3.05) is 10.6 Å². The van der Waals surface area contributed by atoms with Gasteiger partial charge in [0.25, 0.3) is 0 Å². The van der Waals surface area contributed by atoms with Crippen LogP contribution >= 0.6 is 0 Å². The van der Waals surface area contributed by atoms with E-state index in [9.17, 15) is 8.78 Å². The standard InChI is InChI=1S/C15H12F2N4O/c16-12-4-3-10(6-13(12)17)21-15-7-14(19-9-20-15)18-8-11-2-1-5-22-11/h1-7,9H,8H2,(H2,18,19,20,21). The van der Waals surface area contributed by atoms with Crippen LogP contribution in [0, 0.1) is 11.6 Å². The van der Waals surface area contributed by atoms with E-state index in [-0.39, 0.29) is 0 Å². The molecular formula is C15H12F2N4O. The zero-order chi connectivity index (χ0) is 15.4. The van der Waals surface area contributed by atoms with E-state index in [1.807, 2.05) is 6.07 Å². The van der Waals surface area contributed by atoms with Crippen molar-refractivity contribution in [2.24, 2.45) is 0 Å². The van der Waals surface area contributed by atoms with Crippen molar-refractivity contribution in [3.05, 3.63) is 66.4 Å². The molecule has 0 saturated heterocycles. The number of hydrogen-bond donors (Lipinski definition) is 2. The molecule has 22 heavy (non-hydrogen) atoms. The number of hydrogen-bond acceptors (Lipinski definition) is 5. The van der Waals surface area contributed by atoms with Gasteiger partial charge in [0.1, 0.15) is 23.7 Å². The molecule has 3 aromatic rings. The van der Waals surface area contributed by atoms with Crippen LogP contribution in [0.3, 0.4) is 0 Å². The summed E-state index contributed by atoms with van der Waals surface area (Å²) < 4.78 is 31.3. The van der Waals surface area contributed by atoms with Crippen LogP contribution in [0.4, 0.5) is 26.1 Å². The Morgan fingerprint density at radius 1 is 1.00 bits per heavy atom. The number of nitrogens with one attached hydrogen (secondary N) is 2. The second kappa shape index (κ2) is 6.21. The van der Waals surface area contributed by atoms with Crippen molar-refractivity contribution in [1.29, 1.82) is 0 Å². The van der Waals surface area contributed by atoms with Gasteiger partial charge in [0.15, 0.2) is 11.6 Å². The molecule has 0 aliphatic carbocycles. The summed E-state index contributed by atoms with van der Waals surface area (Å²) in [5, 5.41) is 5.96. The first-order valence-corrected chi connectivity index (χ1v) is 6.51. The summed E-state index contributed by atoms with van der Waals surface area (Å²) in [6.45, 7) is 0.481. The number of nitrogens with zero attached hydrogens (tertiary/aromatic N) is 2. The first-order chi connectivity index (χ1) is 10.7. The molecule has 0 atom stereocenters. The van der Waals surface area contributed by atoms with E-state index in [4.69, 9.17) is 4.42 Å². The van der Waals surface area contributed by atoms with Gasteiger partial charge in [0.2, 0.25) is 0 Å². The van der Waals surface area contributed by atoms with E-state index in [1.54, 1.807) is 18.4 Å². The van der Waals surface area contributed by atoms with Crippen LogP contribution in [0.15, 0.2) is 53.4 Å². The van der Waals surface area contributed by atoms with E-state index in [2.05, 4.69) is 20.6 Å². The third-order valence-electron chi connectivity index (χ3n) is 2.88. The van der Waals surface area contributed by atoms with Crippen LogP contribution in [-0.4, -0.2) is 9.97 Å². The maximum absolute atomic E-state index is 13.2. The molecule has 0 spiro atoms. The highest BCUT2D eigenvalue weighted by Crippen LogP contribution is 2.19. The molecule has 0 radical (unpaired) electrons. The first-order valence-electron chi connectivity index (χ1n) is 6.51. The minimum atomic E-state index is -0.921. The molecule has 0 fully saturated rings. The Hall–Kier alpha value is -2.96. The van der Waals surface area contributed by atoms with Crippen LogP contribution in [-0.2, 0) is 6.54 Å². The van der Waals surface area contributed by atoms with E-state index in [0.29, 0.717) is 23.9 Å². The van der Waals surface area contributed by atoms with E-state index in [1.165, 1.54) is 12.4 Å². The summed E-state index contributed by atoms with van der Waals surface area (Å²) >= 11 is 0. The maximum Gasteiger partial charge on any atom is 0.160 e. The number of anilines is 3. The van der Waals surface area contributed by atoms with Gasteiger partial charge in [0.05, 0.1) is 12.8 Å². The Balaban J connectivity index is 1.69. The summed E-state index contributed by atoms with van der Waals surface area (Å²) in [6.07, 6.45) is 2.96. The lowest BCUT2D eigenvalue weighted by Gasteiger charge is -2.08. The predicted octanol–water partition coefficient (Wildman–Crippen LogP) is 3.70. The molecular weight excluding hydrogens is 290 g/mol. The molecule has 0 bridgehead atoms. The minimum absolute atomic E-state index is 0.398. The Kier molecular flexibility index (Phi) is 3.95. The van der Waals surface area contributed by atoms with Crippen molar-refractivity contribution >= 4 is 17.3 Å². The molecule has 2 N–H and O–H groups in total. The number of halogens is 2. The van der Waals surface area contributed by atoms with Crippen molar-refractivity contribution in [3.8, 4) is 0 Å².